The number of alkyl carbamates (subject to hydrolysis) is 1. The van der Waals surface area contributed by atoms with Gasteiger partial charge in [0, 0.05) is 13.1 Å². The van der Waals surface area contributed by atoms with Crippen molar-refractivity contribution in [3.63, 3.8) is 0 Å². The number of aryl methyl sites for hydroxylation is 2. The van der Waals surface area contributed by atoms with Gasteiger partial charge in [-0.05, 0) is 77.0 Å². The second kappa shape index (κ2) is 15.8. The number of hydrogen-bond acceptors (Lipinski definition) is 5. The molecule has 204 valence electrons. The molecule has 0 heterocycles. The molecule has 0 aromatic heterocycles. The fraction of sp³-hybridized carbons (Fsp3) is 0.679. The second-order valence-corrected chi connectivity index (χ2v) is 11.3. The normalized spacial score (nSPS) is 13.0. The van der Waals surface area contributed by atoms with Crippen LogP contribution >= 0.6 is 11.8 Å². The van der Waals surface area contributed by atoms with Crippen LogP contribution in [0, 0.1) is 13.8 Å². The molecule has 36 heavy (non-hydrogen) atoms. The molecule has 2 N–H and O–H groups in total. The zero-order valence-electron chi connectivity index (χ0n) is 23.5. The standard InChI is InChI=1S/C28H47N3O4S/c1-9-11-16-29-25(32)24(22-14-13-20(3)19-21(22)4)31(17-12-10-2)26(33)23(15-18-36-8)30-27(34)35-28(5,6)7/h13-14,19,23-24H,9-12,15-18H2,1-8H3,(H,29,32)(H,30,34). The Morgan fingerprint density at radius 2 is 1.75 bits per heavy atom. The minimum atomic E-state index is -0.791. The van der Waals surface area contributed by atoms with Gasteiger partial charge in [0.25, 0.3) is 0 Å². The van der Waals surface area contributed by atoms with Gasteiger partial charge in [-0.25, -0.2) is 4.79 Å². The summed E-state index contributed by atoms with van der Waals surface area (Å²) in [4.78, 5) is 41.9. The molecular weight excluding hydrogens is 474 g/mol. The molecule has 0 aliphatic carbocycles. The molecule has 2 atom stereocenters. The largest absolute Gasteiger partial charge is 0.444 e. The first-order chi connectivity index (χ1) is 16.9. The highest BCUT2D eigenvalue weighted by Gasteiger charge is 2.36. The molecule has 3 amide bonds. The average molecular weight is 522 g/mol. The van der Waals surface area contributed by atoms with Crippen molar-refractivity contribution in [2.45, 2.75) is 98.3 Å². The lowest BCUT2D eigenvalue weighted by Gasteiger charge is -2.35. The van der Waals surface area contributed by atoms with Crippen molar-refractivity contribution in [3.05, 3.63) is 34.9 Å². The van der Waals surface area contributed by atoms with Gasteiger partial charge in [0.05, 0.1) is 0 Å². The van der Waals surface area contributed by atoms with Crippen molar-refractivity contribution < 1.29 is 19.1 Å². The summed E-state index contributed by atoms with van der Waals surface area (Å²) in [6.07, 6.45) is 5.22. The highest BCUT2D eigenvalue weighted by atomic mass is 32.2. The summed E-state index contributed by atoms with van der Waals surface area (Å²) in [6.45, 7) is 14.4. The maximum absolute atomic E-state index is 14.1. The van der Waals surface area contributed by atoms with E-state index in [2.05, 4.69) is 24.5 Å². The van der Waals surface area contributed by atoms with Crippen LogP contribution in [-0.4, -0.2) is 59.5 Å². The Morgan fingerprint density at radius 3 is 2.31 bits per heavy atom. The SMILES string of the molecule is CCCCNC(=O)C(c1ccc(C)cc1C)N(CCCC)C(=O)C(CCSC)NC(=O)OC(C)(C)C. The van der Waals surface area contributed by atoms with Crippen LogP contribution in [-0.2, 0) is 14.3 Å². The van der Waals surface area contributed by atoms with Crippen LogP contribution in [0.15, 0.2) is 18.2 Å². The third kappa shape index (κ3) is 10.8. The molecule has 0 saturated carbocycles. The van der Waals surface area contributed by atoms with Crippen molar-refractivity contribution in [2.24, 2.45) is 0 Å². The summed E-state index contributed by atoms with van der Waals surface area (Å²) in [5.74, 6) is 0.227. The van der Waals surface area contributed by atoms with E-state index in [4.69, 9.17) is 4.74 Å². The van der Waals surface area contributed by atoms with Crippen LogP contribution in [0.2, 0.25) is 0 Å². The van der Waals surface area contributed by atoms with E-state index in [-0.39, 0.29) is 11.8 Å². The number of benzene rings is 1. The Balaban J connectivity index is 3.45. The quantitative estimate of drug-likeness (QED) is 0.314. The Morgan fingerprint density at radius 1 is 1.08 bits per heavy atom. The average Bonchev–Trinajstić information content (AvgIpc) is 2.78. The summed E-state index contributed by atoms with van der Waals surface area (Å²) < 4.78 is 5.44. The summed E-state index contributed by atoms with van der Waals surface area (Å²) in [7, 11) is 0. The minimum absolute atomic E-state index is 0.194. The summed E-state index contributed by atoms with van der Waals surface area (Å²) in [5, 5.41) is 5.83. The predicted molar refractivity (Wildman–Crippen MR) is 149 cm³/mol. The predicted octanol–water partition coefficient (Wildman–Crippen LogP) is 5.54. The number of carbonyl (C=O) groups excluding carboxylic acids is 3. The molecule has 0 aliphatic heterocycles. The number of carbonyl (C=O) groups is 3. The monoisotopic (exact) mass is 521 g/mol. The van der Waals surface area contributed by atoms with Crippen LogP contribution in [0.3, 0.4) is 0 Å². The molecule has 1 aromatic carbocycles. The molecule has 1 aromatic rings. The number of unbranched alkanes of at least 4 members (excludes halogenated alkanes) is 2. The molecule has 0 saturated heterocycles. The molecule has 0 fully saturated rings. The van der Waals surface area contributed by atoms with E-state index in [0.29, 0.717) is 25.3 Å². The molecule has 0 bridgehead atoms. The van der Waals surface area contributed by atoms with Crippen molar-refractivity contribution in [3.8, 4) is 0 Å². The third-order valence-corrected chi connectivity index (χ3v) is 6.39. The van der Waals surface area contributed by atoms with E-state index in [1.807, 2.05) is 38.3 Å². The van der Waals surface area contributed by atoms with Gasteiger partial charge in [-0.2, -0.15) is 11.8 Å². The third-order valence-electron chi connectivity index (χ3n) is 5.74. The minimum Gasteiger partial charge on any atom is -0.444 e. The van der Waals surface area contributed by atoms with E-state index in [0.717, 1.165) is 42.4 Å². The first-order valence-corrected chi connectivity index (χ1v) is 14.5. The molecular formula is C28H47N3O4S. The molecule has 0 radical (unpaired) electrons. The number of rotatable bonds is 14. The van der Waals surface area contributed by atoms with Crippen LogP contribution in [0.1, 0.15) is 89.5 Å². The molecule has 7 nitrogen and oxygen atoms in total. The van der Waals surface area contributed by atoms with Gasteiger partial charge < -0.3 is 20.3 Å². The van der Waals surface area contributed by atoms with Crippen LogP contribution < -0.4 is 10.6 Å². The first-order valence-electron chi connectivity index (χ1n) is 13.1. The highest BCUT2D eigenvalue weighted by Crippen LogP contribution is 2.27. The van der Waals surface area contributed by atoms with Gasteiger partial charge in [0.1, 0.15) is 17.7 Å². The lowest BCUT2D eigenvalue weighted by atomic mass is 9.96. The summed E-state index contributed by atoms with van der Waals surface area (Å²) in [5.41, 5.74) is 2.18. The number of nitrogens with zero attached hydrogens (tertiary/aromatic N) is 1. The van der Waals surface area contributed by atoms with Crippen LogP contribution in [0.5, 0.6) is 0 Å². The number of nitrogens with one attached hydrogen (secondary N) is 2. The number of hydrogen-bond donors (Lipinski definition) is 2. The van der Waals surface area contributed by atoms with Crippen LogP contribution in [0.25, 0.3) is 0 Å². The number of ether oxygens (including phenoxy) is 1. The summed E-state index contributed by atoms with van der Waals surface area (Å²) in [6, 6.07) is 4.38. The zero-order chi connectivity index (χ0) is 27.3. The van der Waals surface area contributed by atoms with E-state index >= 15 is 0 Å². The maximum atomic E-state index is 14.1. The Bertz CT molecular complexity index is 854. The van der Waals surface area contributed by atoms with Crippen molar-refractivity contribution in [2.75, 3.05) is 25.1 Å². The van der Waals surface area contributed by atoms with E-state index in [1.54, 1.807) is 37.4 Å². The highest BCUT2D eigenvalue weighted by molar-refractivity contribution is 7.98. The lowest BCUT2D eigenvalue weighted by Crippen LogP contribution is -2.53. The molecule has 2 unspecified atom stereocenters. The molecule has 8 heteroatoms. The summed E-state index contributed by atoms with van der Waals surface area (Å²) >= 11 is 1.60. The van der Waals surface area contributed by atoms with Gasteiger partial charge in [-0.1, -0.05) is 50.5 Å². The lowest BCUT2D eigenvalue weighted by molar-refractivity contribution is -0.142. The van der Waals surface area contributed by atoms with Gasteiger partial charge in [-0.15, -0.1) is 0 Å². The maximum Gasteiger partial charge on any atom is 0.408 e. The fourth-order valence-corrected chi connectivity index (χ4v) is 4.38. The molecule has 0 aliphatic rings. The fourth-order valence-electron chi connectivity index (χ4n) is 3.91. The van der Waals surface area contributed by atoms with Crippen molar-refractivity contribution in [1.82, 2.24) is 15.5 Å². The van der Waals surface area contributed by atoms with Crippen molar-refractivity contribution >= 4 is 29.7 Å². The zero-order valence-corrected chi connectivity index (χ0v) is 24.3. The molecule has 0 spiro atoms. The smallest absolute Gasteiger partial charge is 0.408 e. The van der Waals surface area contributed by atoms with Gasteiger partial charge >= 0.3 is 6.09 Å². The van der Waals surface area contributed by atoms with Crippen LogP contribution in [0.4, 0.5) is 4.79 Å². The molecule has 1 rings (SSSR count). The van der Waals surface area contributed by atoms with Gasteiger partial charge in [0.2, 0.25) is 11.8 Å². The number of thioether (sulfide) groups is 1. The second-order valence-electron chi connectivity index (χ2n) is 10.3. The van der Waals surface area contributed by atoms with Gasteiger partial charge in [-0.3, -0.25) is 9.59 Å². The Hall–Kier alpha value is -2.22. The first kappa shape index (κ1) is 31.8. The topological polar surface area (TPSA) is 87.7 Å². The van der Waals surface area contributed by atoms with E-state index < -0.39 is 23.8 Å². The van der Waals surface area contributed by atoms with Crippen molar-refractivity contribution in [1.29, 1.82) is 0 Å². The van der Waals surface area contributed by atoms with Gasteiger partial charge in [0.15, 0.2) is 0 Å². The Kier molecular flexibility index (Phi) is 14.0. The number of amides is 3. The van der Waals surface area contributed by atoms with E-state index in [9.17, 15) is 14.4 Å². The van der Waals surface area contributed by atoms with E-state index in [1.165, 1.54) is 0 Å². The Labute approximate surface area is 222 Å².